The Kier molecular flexibility index (Phi) is 4.33. The predicted molar refractivity (Wildman–Crippen MR) is 91.6 cm³/mol. The van der Waals surface area contributed by atoms with Gasteiger partial charge < -0.3 is 0 Å². The van der Waals surface area contributed by atoms with Crippen LogP contribution in [0.3, 0.4) is 0 Å². The molecule has 114 valence electrons. The summed E-state index contributed by atoms with van der Waals surface area (Å²) in [5.41, 5.74) is 3.65. The Morgan fingerprint density at radius 3 is 1.74 bits per heavy atom. The molecule has 0 amide bonds. The minimum absolute atomic E-state index is 0.0441. The van der Waals surface area contributed by atoms with Crippen LogP contribution in [0, 0.1) is 0 Å². The third-order valence-corrected chi connectivity index (χ3v) is 4.09. The molecule has 1 aliphatic carbocycles. The Balaban J connectivity index is 2.03. The van der Waals surface area contributed by atoms with Gasteiger partial charge in [-0.1, -0.05) is 72.3 Å². The first-order chi connectivity index (χ1) is 11.2. The van der Waals surface area contributed by atoms with E-state index in [-0.39, 0.29) is 11.6 Å². The van der Waals surface area contributed by atoms with Crippen molar-refractivity contribution in [3.05, 3.63) is 94.6 Å². The molecule has 0 radical (unpaired) electrons. The largest absolute Gasteiger partial charge is 0.289 e. The summed E-state index contributed by atoms with van der Waals surface area (Å²) in [5.74, 6) is -0.0917. The summed E-state index contributed by atoms with van der Waals surface area (Å²) in [6.07, 6.45) is 3.10. The molecule has 0 aromatic heterocycles. The number of hydrogen-bond donors (Lipinski definition) is 0. The molecule has 0 bridgehead atoms. The van der Waals surface area contributed by atoms with Crippen molar-refractivity contribution in [3.8, 4) is 0 Å². The third kappa shape index (κ3) is 3.21. The highest BCUT2D eigenvalue weighted by Gasteiger charge is 2.24. The summed E-state index contributed by atoms with van der Waals surface area (Å²) in [4.78, 5) is 25.7. The molecular formula is C21H18O2. The standard InChI is InChI=1S/C21H18O2/c1-15-12-13-18(20(22)16-8-4-2-5-9-16)19(14-15)21(23)17-10-6-3-7-11-17/h2-12H,13-14H2,1H3. The highest BCUT2D eigenvalue weighted by molar-refractivity contribution is 6.18. The molecule has 0 saturated heterocycles. The average molecular weight is 302 g/mol. The third-order valence-electron chi connectivity index (χ3n) is 4.09. The smallest absolute Gasteiger partial charge is 0.189 e. The highest BCUT2D eigenvalue weighted by Crippen LogP contribution is 2.29. The van der Waals surface area contributed by atoms with Crippen molar-refractivity contribution < 1.29 is 9.59 Å². The molecule has 0 saturated carbocycles. The molecule has 2 heteroatoms. The van der Waals surface area contributed by atoms with E-state index in [0.717, 1.165) is 5.57 Å². The summed E-state index contributed by atoms with van der Waals surface area (Å²) in [7, 11) is 0. The van der Waals surface area contributed by atoms with Gasteiger partial charge in [0.25, 0.3) is 0 Å². The van der Waals surface area contributed by atoms with Crippen LogP contribution in [0.15, 0.2) is 83.5 Å². The van der Waals surface area contributed by atoms with Crippen LogP contribution in [0.2, 0.25) is 0 Å². The van der Waals surface area contributed by atoms with Crippen LogP contribution < -0.4 is 0 Å². The first kappa shape index (κ1) is 15.2. The zero-order valence-electron chi connectivity index (χ0n) is 13.1. The number of Topliss-reactive ketones (excluding diaryl/α,β-unsaturated/α-hetero) is 2. The van der Waals surface area contributed by atoms with E-state index in [4.69, 9.17) is 0 Å². The Hall–Kier alpha value is -2.74. The molecule has 0 fully saturated rings. The fourth-order valence-corrected chi connectivity index (χ4v) is 2.83. The number of ketones is 2. The normalized spacial score (nSPS) is 14.4. The predicted octanol–water partition coefficient (Wildman–Crippen LogP) is 4.79. The van der Waals surface area contributed by atoms with E-state index in [2.05, 4.69) is 0 Å². The summed E-state index contributed by atoms with van der Waals surface area (Å²) < 4.78 is 0. The number of carbonyl (C=O) groups excluding carboxylic acids is 2. The second kappa shape index (κ2) is 6.57. The van der Waals surface area contributed by atoms with Crippen molar-refractivity contribution in [3.63, 3.8) is 0 Å². The van der Waals surface area contributed by atoms with Crippen LogP contribution in [0.4, 0.5) is 0 Å². The molecule has 1 aliphatic rings. The maximum atomic E-state index is 12.9. The number of hydrogen-bond acceptors (Lipinski definition) is 2. The van der Waals surface area contributed by atoms with E-state index in [1.165, 1.54) is 0 Å². The van der Waals surface area contributed by atoms with E-state index in [9.17, 15) is 9.59 Å². The van der Waals surface area contributed by atoms with Gasteiger partial charge in [0, 0.05) is 22.3 Å². The molecule has 0 heterocycles. The SMILES string of the molecule is CC1=CCC(C(=O)c2ccccc2)=C(C(=O)c2ccccc2)C1. The Morgan fingerprint density at radius 2 is 1.22 bits per heavy atom. The van der Waals surface area contributed by atoms with Gasteiger partial charge in [-0.2, -0.15) is 0 Å². The molecule has 0 spiro atoms. The first-order valence-electron chi connectivity index (χ1n) is 7.74. The molecule has 0 unspecified atom stereocenters. The van der Waals surface area contributed by atoms with E-state index >= 15 is 0 Å². The van der Waals surface area contributed by atoms with Crippen molar-refractivity contribution in [1.29, 1.82) is 0 Å². The van der Waals surface area contributed by atoms with Crippen molar-refractivity contribution in [2.45, 2.75) is 19.8 Å². The van der Waals surface area contributed by atoms with Gasteiger partial charge in [0.2, 0.25) is 0 Å². The van der Waals surface area contributed by atoms with Gasteiger partial charge in [0.15, 0.2) is 11.6 Å². The van der Waals surface area contributed by atoms with Crippen molar-refractivity contribution >= 4 is 11.6 Å². The van der Waals surface area contributed by atoms with E-state index < -0.39 is 0 Å². The lowest BCUT2D eigenvalue weighted by Crippen LogP contribution is -2.16. The van der Waals surface area contributed by atoms with E-state index in [1.54, 1.807) is 24.3 Å². The second-order valence-electron chi connectivity index (χ2n) is 5.78. The highest BCUT2D eigenvalue weighted by atomic mass is 16.1. The maximum Gasteiger partial charge on any atom is 0.189 e. The van der Waals surface area contributed by atoms with E-state index in [1.807, 2.05) is 49.4 Å². The van der Waals surface area contributed by atoms with Gasteiger partial charge in [-0.3, -0.25) is 9.59 Å². The Morgan fingerprint density at radius 1 is 0.739 bits per heavy atom. The lowest BCUT2D eigenvalue weighted by atomic mass is 9.84. The van der Waals surface area contributed by atoms with Crippen LogP contribution >= 0.6 is 0 Å². The monoisotopic (exact) mass is 302 g/mol. The number of rotatable bonds is 4. The first-order valence-corrected chi connectivity index (χ1v) is 7.74. The van der Waals surface area contributed by atoms with Crippen LogP contribution in [-0.2, 0) is 0 Å². The van der Waals surface area contributed by atoms with Gasteiger partial charge in [-0.05, 0) is 19.8 Å². The second-order valence-corrected chi connectivity index (χ2v) is 5.78. The zero-order chi connectivity index (χ0) is 16.2. The number of carbonyl (C=O) groups is 2. The molecule has 23 heavy (non-hydrogen) atoms. The van der Waals surface area contributed by atoms with Gasteiger partial charge in [-0.15, -0.1) is 0 Å². The van der Waals surface area contributed by atoms with Crippen molar-refractivity contribution in [1.82, 2.24) is 0 Å². The van der Waals surface area contributed by atoms with Crippen LogP contribution in [0.1, 0.15) is 40.5 Å². The molecule has 3 rings (SSSR count). The van der Waals surface area contributed by atoms with Crippen molar-refractivity contribution in [2.75, 3.05) is 0 Å². The summed E-state index contributed by atoms with van der Waals surface area (Å²) in [6.45, 7) is 2.00. The van der Waals surface area contributed by atoms with Crippen LogP contribution in [-0.4, -0.2) is 11.6 Å². The van der Waals surface area contributed by atoms with Crippen molar-refractivity contribution in [2.24, 2.45) is 0 Å². The molecule has 0 aliphatic heterocycles. The summed E-state index contributed by atoms with van der Waals surface area (Å²) in [5, 5.41) is 0. The number of allylic oxidation sites excluding steroid dienone is 4. The summed E-state index contributed by atoms with van der Waals surface area (Å²) >= 11 is 0. The van der Waals surface area contributed by atoms with Gasteiger partial charge in [0.05, 0.1) is 0 Å². The quantitative estimate of drug-likeness (QED) is 0.601. The fourth-order valence-electron chi connectivity index (χ4n) is 2.83. The van der Waals surface area contributed by atoms with Gasteiger partial charge in [0.1, 0.15) is 0 Å². The summed E-state index contributed by atoms with van der Waals surface area (Å²) in [6, 6.07) is 18.3. The molecule has 2 aromatic rings. The van der Waals surface area contributed by atoms with Gasteiger partial charge >= 0.3 is 0 Å². The average Bonchev–Trinajstić information content (AvgIpc) is 2.62. The molecule has 2 nitrogen and oxygen atoms in total. The van der Waals surface area contributed by atoms with E-state index in [0.29, 0.717) is 35.1 Å². The lowest BCUT2D eigenvalue weighted by Gasteiger charge is -2.18. The molecule has 2 aromatic carbocycles. The topological polar surface area (TPSA) is 34.1 Å². The van der Waals surface area contributed by atoms with Gasteiger partial charge in [-0.25, -0.2) is 0 Å². The molecular weight excluding hydrogens is 284 g/mol. The Labute approximate surface area is 136 Å². The molecule has 0 N–H and O–H groups in total. The minimum Gasteiger partial charge on any atom is -0.289 e. The van der Waals surface area contributed by atoms with Crippen LogP contribution in [0.5, 0.6) is 0 Å². The zero-order valence-corrected chi connectivity index (χ0v) is 13.1. The fraction of sp³-hybridized carbons (Fsp3) is 0.143. The molecule has 0 atom stereocenters. The Bertz CT molecular complexity index is 796. The number of benzene rings is 2. The lowest BCUT2D eigenvalue weighted by molar-refractivity contribution is 0.0994. The minimum atomic E-state index is -0.0476. The maximum absolute atomic E-state index is 12.9. The van der Waals surface area contributed by atoms with Crippen LogP contribution in [0.25, 0.3) is 0 Å².